The maximum atomic E-state index is 12.6. The zero-order valence-electron chi connectivity index (χ0n) is 18.3. The van der Waals surface area contributed by atoms with E-state index in [1.807, 2.05) is 12.1 Å². The van der Waals surface area contributed by atoms with Crippen LogP contribution in [0.5, 0.6) is 5.75 Å². The van der Waals surface area contributed by atoms with Gasteiger partial charge in [0.05, 0.1) is 26.2 Å². The predicted octanol–water partition coefficient (Wildman–Crippen LogP) is 3.33. The Balaban J connectivity index is 1.61. The first-order valence-electron chi connectivity index (χ1n) is 10.5. The first-order chi connectivity index (χ1) is 15.4. The molecule has 3 rings (SSSR count). The summed E-state index contributed by atoms with van der Waals surface area (Å²) in [7, 11) is 1.75. The highest BCUT2D eigenvalue weighted by atomic mass is 16.5. The van der Waals surface area contributed by atoms with Gasteiger partial charge in [-0.3, -0.25) is 15.0 Å². The fraction of sp³-hybridized carbons (Fsp3) is 0.320. The minimum absolute atomic E-state index is 0.0823. The van der Waals surface area contributed by atoms with Crippen molar-refractivity contribution in [1.29, 1.82) is 5.41 Å². The van der Waals surface area contributed by atoms with Gasteiger partial charge in [-0.1, -0.05) is 24.1 Å². The molecule has 2 N–H and O–H groups in total. The van der Waals surface area contributed by atoms with E-state index in [-0.39, 0.29) is 17.8 Å². The van der Waals surface area contributed by atoms with Crippen molar-refractivity contribution >= 4 is 23.4 Å². The number of amidine groups is 1. The van der Waals surface area contributed by atoms with E-state index in [0.29, 0.717) is 54.6 Å². The van der Waals surface area contributed by atoms with E-state index in [1.54, 1.807) is 49.2 Å². The van der Waals surface area contributed by atoms with Crippen LogP contribution in [0.2, 0.25) is 0 Å². The summed E-state index contributed by atoms with van der Waals surface area (Å²) < 4.78 is 10.8. The molecule has 1 unspecified atom stereocenters. The van der Waals surface area contributed by atoms with E-state index in [9.17, 15) is 9.59 Å². The lowest BCUT2D eigenvalue weighted by atomic mass is 9.94. The average Bonchev–Trinajstić information content (AvgIpc) is 2.79. The largest absolute Gasteiger partial charge is 0.493 e. The van der Waals surface area contributed by atoms with Gasteiger partial charge >= 0.3 is 5.97 Å². The highest BCUT2D eigenvalue weighted by Crippen LogP contribution is 2.31. The maximum absolute atomic E-state index is 12.6. The number of benzene rings is 2. The minimum Gasteiger partial charge on any atom is -0.493 e. The Morgan fingerprint density at radius 3 is 2.66 bits per heavy atom. The van der Waals surface area contributed by atoms with Crippen molar-refractivity contribution in [3.8, 4) is 18.1 Å². The summed E-state index contributed by atoms with van der Waals surface area (Å²) in [6.07, 6.45) is 6.35. The molecule has 0 bridgehead atoms. The first-order valence-corrected chi connectivity index (χ1v) is 10.5. The second kappa shape index (κ2) is 10.5. The van der Waals surface area contributed by atoms with Crippen molar-refractivity contribution in [2.45, 2.75) is 19.8 Å². The summed E-state index contributed by atoms with van der Waals surface area (Å²) in [6.45, 7) is 2.94. The number of carbonyl (C=O) groups is 2. The van der Waals surface area contributed by atoms with Crippen molar-refractivity contribution in [2.24, 2.45) is 5.92 Å². The van der Waals surface area contributed by atoms with E-state index in [0.717, 1.165) is 12.0 Å². The number of amides is 1. The van der Waals surface area contributed by atoms with Gasteiger partial charge in [-0.2, -0.15) is 0 Å². The summed E-state index contributed by atoms with van der Waals surface area (Å²) in [4.78, 5) is 26.0. The highest BCUT2D eigenvalue weighted by Gasteiger charge is 2.23. The van der Waals surface area contributed by atoms with E-state index >= 15 is 0 Å². The molecule has 1 amide bonds. The Bertz CT molecular complexity index is 1040. The number of nitrogens with one attached hydrogen (secondary N) is 2. The molecule has 0 fully saturated rings. The third kappa shape index (κ3) is 5.67. The molecule has 0 saturated carbocycles. The van der Waals surface area contributed by atoms with E-state index in [1.165, 1.54) is 0 Å². The van der Waals surface area contributed by atoms with Crippen molar-refractivity contribution in [3.63, 3.8) is 0 Å². The number of terminal acetylenes is 1. The summed E-state index contributed by atoms with van der Waals surface area (Å²) in [5, 5.41) is 11.0. The molecule has 0 radical (unpaired) electrons. The van der Waals surface area contributed by atoms with Crippen LogP contribution in [0, 0.1) is 23.7 Å². The van der Waals surface area contributed by atoms with Crippen molar-refractivity contribution in [3.05, 3.63) is 59.2 Å². The van der Waals surface area contributed by atoms with E-state index in [2.05, 4.69) is 11.2 Å². The summed E-state index contributed by atoms with van der Waals surface area (Å²) in [6, 6.07) is 12.3. The van der Waals surface area contributed by atoms with Gasteiger partial charge in [-0.05, 0) is 37.1 Å². The van der Waals surface area contributed by atoms with Gasteiger partial charge in [0.15, 0.2) is 0 Å². The zero-order valence-corrected chi connectivity index (χ0v) is 18.3. The summed E-state index contributed by atoms with van der Waals surface area (Å²) in [5.74, 6) is 3.13. The molecule has 0 spiro atoms. The number of hydrogen-bond donors (Lipinski definition) is 2. The number of carbonyl (C=O) groups excluding carboxylic acids is 2. The van der Waals surface area contributed by atoms with Gasteiger partial charge in [-0.25, -0.2) is 0 Å². The number of anilines is 1. The third-order valence-corrected chi connectivity index (χ3v) is 5.20. The molecular formula is C25H27N3O4. The predicted molar refractivity (Wildman–Crippen MR) is 123 cm³/mol. The molecule has 2 aromatic carbocycles. The lowest BCUT2D eigenvalue weighted by Crippen LogP contribution is -2.27. The Hall–Kier alpha value is -3.79. The molecule has 166 valence electrons. The molecule has 0 aliphatic carbocycles. The Kier molecular flexibility index (Phi) is 7.50. The van der Waals surface area contributed by atoms with Crippen LogP contribution in [0.1, 0.15) is 34.8 Å². The minimum atomic E-state index is -0.254. The first kappa shape index (κ1) is 22.9. The quantitative estimate of drug-likeness (QED) is 0.302. The second-order valence-corrected chi connectivity index (χ2v) is 7.65. The lowest BCUT2D eigenvalue weighted by molar-refractivity contribution is -0.144. The fourth-order valence-corrected chi connectivity index (χ4v) is 3.52. The van der Waals surface area contributed by atoms with Gasteiger partial charge in [0.2, 0.25) is 0 Å². The molecule has 7 heteroatoms. The molecule has 1 heterocycles. The SMILES string of the molecule is C#CCN(C)C(=N)c1ccc(C(=O)Nc2ccc3c(c2)OCC(CC(=O)OCC)C3)cc1. The molecule has 7 nitrogen and oxygen atoms in total. The number of rotatable bonds is 7. The molecular weight excluding hydrogens is 406 g/mol. The van der Waals surface area contributed by atoms with Crippen LogP contribution < -0.4 is 10.1 Å². The van der Waals surface area contributed by atoms with Crippen LogP contribution in [0.4, 0.5) is 5.69 Å². The lowest BCUT2D eigenvalue weighted by Gasteiger charge is -2.25. The molecule has 1 aliphatic heterocycles. The molecule has 32 heavy (non-hydrogen) atoms. The molecule has 1 aliphatic rings. The number of nitrogens with zero attached hydrogens (tertiary/aromatic N) is 1. The number of esters is 1. The van der Waals surface area contributed by atoms with Crippen LogP contribution in [-0.4, -0.2) is 49.4 Å². The zero-order chi connectivity index (χ0) is 23.1. The van der Waals surface area contributed by atoms with E-state index < -0.39 is 0 Å². The maximum Gasteiger partial charge on any atom is 0.306 e. The number of hydrogen-bond acceptors (Lipinski definition) is 5. The monoisotopic (exact) mass is 433 g/mol. The fourth-order valence-electron chi connectivity index (χ4n) is 3.52. The standard InChI is InChI=1S/C25H27N3O4/c1-4-12-28(3)24(26)18-6-8-19(9-7-18)25(30)27-21-11-10-20-13-17(14-23(29)31-5-2)16-32-22(20)15-21/h1,6-11,15,17,26H,5,12-14,16H2,2-3H3,(H,27,30). The number of ether oxygens (including phenoxy) is 2. The van der Waals surface area contributed by atoms with Gasteiger partial charge in [0, 0.05) is 35.8 Å². The summed E-state index contributed by atoms with van der Waals surface area (Å²) >= 11 is 0. The Morgan fingerprint density at radius 2 is 1.97 bits per heavy atom. The average molecular weight is 434 g/mol. The molecule has 0 saturated heterocycles. The van der Waals surface area contributed by atoms with Gasteiger partial charge < -0.3 is 19.7 Å². The highest BCUT2D eigenvalue weighted by molar-refractivity contribution is 6.05. The van der Waals surface area contributed by atoms with Crippen LogP contribution >= 0.6 is 0 Å². The van der Waals surface area contributed by atoms with Gasteiger partial charge in [0.25, 0.3) is 5.91 Å². The van der Waals surface area contributed by atoms with Crippen molar-refractivity contribution in [1.82, 2.24) is 4.90 Å². The Labute approximate surface area is 188 Å². The van der Waals surface area contributed by atoms with Crippen LogP contribution in [0.15, 0.2) is 42.5 Å². The topological polar surface area (TPSA) is 91.7 Å². The molecule has 2 aromatic rings. The van der Waals surface area contributed by atoms with Crippen molar-refractivity contribution in [2.75, 3.05) is 32.1 Å². The normalized spacial score (nSPS) is 14.3. The van der Waals surface area contributed by atoms with Crippen LogP contribution in [0.25, 0.3) is 0 Å². The molecule has 1 atom stereocenters. The third-order valence-electron chi connectivity index (χ3n) is 5.20. The number of fused-ring (bicyclic) bond motifs is 1. The van der Waals surface area contributed by atoms with Crippen molar-refractivity contribution < 1.29 is 19.1 Å². The van der Waals surface area contributed by atoms with Gasteiger partial charge in [0.1, 0.15) is 11.6 Å². The Morgan fingerprint density at radius 1 is 1.25 bits per heavy atom. The van der Waals surface area contributed by atoms with E-state index in [4.69, 9.17) is 21.3 Å². The van der Waals surface area contributed by atoms with Crippen LogP contribution in [0.3, 0.4) is 0 Å². The van der Waals surface area contributed by atoms with Gasteiger partial charge in [-0.15, -0.1) is 6.42 Å². The smallest absolute Gasteiger partial charge is 0.306 e. The van der Waals surface area contributed by atoms with Crippen LogP contribution in [-0.2, 0) is 16.0 Å². The second-order valence-electron chi connectivity index (χ2n) is 7.65. The summed E-state index contributed by atoms with van der Waals surface area (Å²) in [5.41, 5.74) is 2.79. The molecule has 0 aromatic heterocycles.